The summed E-state index contributed by atoms with van der Waals surface area (Å²) < 4.78 is 7.38. The van der Waals surface area contributed by atoms with Gasteiger partial charge in [0.2, 0.25) is 5.89 Å². The third kappa shape index (κ3) is 4.45. The van der Waals surface area contributed by atoms with Crippen LogP contribution in [0.3, 0.4) is 0 Å². The highest BCUT2D eigenvalue weighted by Gasteiger charge is 2.28. The third-order valence-electron chi connectivity index (χ3n) is 5.03. The molecule has 2 amide bonds. The molecule has 156 valence electrons. The van der Waals surface area contributed by atoms with Crippen molar-refractivity contribution in [2.75, 3.05) is 11.9 Å². The first-order valence-corrected chi connectivity index (χ1v) is 10.2. The minimum absolute atomic E-state index is 0.276. The summed E-state index contributed by atoms with van der Waals surface area (Å²) in [5, 5.41) is 17.6. The largest absolute Gasteiger partial charge is 0.444 e. The van der Waals surface area contributed by atoms with Crippen molar-refractivity contribution in [3.05, 3.63) is 66.6 Å². The molecule has 0 spiro atoms. The predicted octanol–water partition coefficient (Wildman–Crippen LogP) is 3.69. The van der Waals surface area contributed by atoms with Crippen LogP contribution >= 0.6 is 0 Å². The van der Waals surface area contributed by atoms with Crippen LogP contribution in [0, 0.1) is 0 Å². The fourth-order valence-corrected chi connectivity index (χ4v) is 3.27. The molecule has 4 aromatic rings. The Labute approximate surface area is 178 Å². The highest BCUT2D eigenvalue weighted by atomic mass is 16.3. The molecule has 1 aliphatic carbocycles. The van der Waals surface area contributed by atoms with E-state index in [2.05, 4.69) is 31.1 Å². The molecule has 1 fully saturated rings. The summed E-state index contributed by atoms with van der Waals surface area (Å²) in [7, 11) is 0. The molecule has 2 aromatic carbocycles. The standard InChI is InChI=1S/C22H21N7O2/c30-22(23-13-12-18-14-31-21(24-18)16-4-2-1-3-5-16)25-17-8-6-15(7-9-17)20-26-27-28-29(20)19-10-11-19/h1-9,14,19H,10-13H2,(H2,23,25,30). The van der Waals surface area contributed by atoms with Gasteiger partial charge >= 0.3 is 6.03 Å². The van der Waals surface area contributed by atoms with Crippen LogP contribution in [0.5, 0.6) is 0 Å². The maximum atomic E-state index is 12.2. The number of tetrazole rings is 1. The quantitative estimate of drug-likeness (QED) is 0.476. The second-order valence-corrected chi connectivity index (χ2v) is 7.40. The van der Waals surface area contributed by atoms with Crippen molar-refractivity contribution >= 4 is 11.7 Å². The van der Waals surface area contributed by atoms with Crippen LogP contribution in [0.2, 0.25) is 0 Å². The Morgan fingerprint density at radius 2 is 1.87 bits per heavy atom. The minimum atomic E-state index is -0.276. The zero-order valence-corrected chi connectivity index (χ0v) is 16.7. The number of rotatable bonds is 7. The number of hydrogen-bond acceptors (Lipinski definition) is 6. The Kier molecular flexibility index (Phi) is 5.14. The maximum Gasteiger partial charge on any atom is 0.319 e. The molecular weight excluding hydrogens is 394 g/mol. The molecule has 1 aliphatic rings. The minimum Gasteiger partial charge on any atom is -0.444 e. The van der Waals surface area contributed by atoms with E-state index in [1.54, 1.807) is 6.26 Å². The number of amides is 2. The third-order valence-corrected chi connectivity index (χ3v) is 5.03. The lowest BCUT2D eigenvalue weighted by Crippen LogP contribution is -2.30. The molecule has 31 heavy (non-hydrogen) atoms. The summed E-state index contributed by atoms with van der Waals surface area (Å²) in [6.45, 7) is 0.445. The van der Waals surface area contributed by atoms with Gasteiger partial charge in [-0.15, -0.1) is 5.10 Å². The smallest absolute Gasteiger partial charge is 0.319 e. The van der Waals surface area contributed by atoms with E-state index in [1.807, 2.05) is 59.3 Å². The molecule has 2 aromatic heterocycles. The van der Waals surface area contributed by atoms with Crippen molar-refractivity contribution in [1.82, 2.24) is 30.5 Å². The summed E-state index contributed by atoms with van der Waals surface area (Å²) >= 11 is 0. The number of benzene rings is 2. The number of oxazole rings is 1. The van der Waals surface area contributed by atoms with Gasteiger partial charge in [-0.25, -0.2) is 14.5 Å². The van der Waals surface area contributed by atoms with Crippen LogP contribution in [0.15, 0.2) is 65.3 Å². The number of anilines is 1. The van der Waals surface area contributed by atoms with E-state index in [1.165, 1.54) is 0 Å². The molecular formula is C22H21N7O2. The highest BCUT2D eigenvalue weighted by molar-refractivity contribution is 5.89. The number of aromatic nitrogens is 5. The Morgan fingerprint density at radius 1 is 1.06 bits per heavy atom. The van der Waals surface area contributed by atoms with Gasteiger partial charge in [0, 0.05) is 29.8 Å². The highest BCUT2D eigenvalue weighted by Crippen LogP contribution is 2.36. The van der Waals surface area contributed by atoms with Crippen LogP contribution in [0.25, 0.3) is 22.8 Å². The lowest BCUT2D eigenvalue weighted by Gasteiger charge is -2.08. The SMILES string of the molecule is O=C(NCCc1coc(-c2ccccc2)n1)Nc1ccc(-c2nnnn2C2CC2)cc1. The Hall–Kier alpha value is -4.01. The van der Waals surface area contributed by atoms with Crippen molar-refractivity contribution < 1.29 is 9.21 Å². The second kappa shape index (κ2) is 8.39. The number of nitrogens with one attached hydrogen (secondary N) is 2. The van der Waals surface area contributed by atoms with E-state index < -0.39 is 0 Å². The molecule has 9 heteroatoms. The first-order valence-electron chi connectivity index (χ1n) is 10.2. The van der Waals surface area contributed by atoms with E-state index in [0.29, 0.717) is 30.6 Å². The molecule has 1 saturated carbocycles. The van der Waals surface area contributed by atoms with Gasteiger partial charge in [-0.2, -0.15) is 0 Å². The number of carbonyl (C=O) groups is 1. The fraction of sp³-hybridized carbons (Fsp3) is 0.227. The van der Waals surface area contributed by atoms with Crippen LogP contribution < -0.4 is 10.6 Å². The van der Waals surface area contributed by atoms with Gasteiger partial charge in [-0.1, -0.05) is 18.2 Å². The van der Waals surface area contributed by atoms with Crippen molar-refractivity contribution in [1.29, 1.82) is 0 Å². The van der Waals surface area contributed by atoms with Gasteiger partial charge in [-0.3, -0.25) is 0 Å². The topological polar surface area (TPSA) is 111 Å². The molecule has 0 bridgehead atoms. The van der Waals surface area contributed by atoms with Crippen LogP contribution in [-0.2, 0) is 6.42 Å². The lowest BCUT2D eigenvalue weighted by molar-refractivity contribution is 0.252. The maximum absolute atomic E-state index is 12.2. The van der Waals surface area contributed by atoms with E-state index in [-0.39, 0.29) is 6.03 Å². The fourth-order valence-electron chi connectivity index (χ4n) is 3.27. The molecule has 0 unspecified atom stereocenters. The number of carbonyl (C=O) groups excluding carboxylic acids is 1. The Morgan fingerprint density at radius 3 is 2.65 bits per heavy atom. The van der Waals surface area contributed by atoms with E-state index in [9.17, 15) is 4.79 Å². The molecule has 2 N–H and O–H groups in total. The van der Waals surface area contributed by atoms with E-state index >= 15 is 0 Å². The molecule has 0 atom stereocenters. The molecule has 5 rings (SSSR count). The van der Waals surface area contributed by atoms with Gasteiger partial charge in [0.25, 0.3) is 0 Å². The summed E-state index contributed by atoms with van der Waals surface area (Å²) in [5.74, 6) is 1.33. The van der Waals surface area contributed by atoms with Crippen LogP contribution in [0.1, 0.15) is 24.6 Å². The molecule has 2 heterocycles. The number of urea groups is 1. The number of hydrogen-bond donors (Lipinski definition) is 2. The summed E-state index contributed by atoms with van der Waals surface area (Å²) in [5.41, 5.74) is 3.33. The van der Waals surface area contributed by atoms with E-state index in [0.717, 1.165) is 35.5 Å². The molecule has 9 nitrogen and oxygen atoms in total. The second-order valence-electron chi connectivity index (χ2n) is 7.40. The Balaban J connectivity index is 1.12. The summed E-state index contributed by atoms with van der Waals surface area (Å²) in [6.07, 6.45) is 4.42. The number of nitrogens with zero attached hydrogens (tertiary/aromatic N) is 5. The average molecular weight is 415 g/mol. The average Bonchev–Trinajstić information content (AvgIpc) is 3.33. The molecule has 0 radical (unpaired) electrons. The van der Waals surface area contributed by atoms with Crippen molar-refractivity contribution in [3.63, 3.8) is 0 Å². The van der Waals surface area contributed by atoms with Crippen LogP contribution in [-0.4, -0.2) is 37.8 Å². The predicted molar refractivity (Wildman–Crippen MR) is 114 cm³/mol. The lowest BCUT2D eigenvalue weighted by atomic mass is 10.2. The Bertz CT molecular complexity index is 1160. The van der Waals surface area contributed by atoms with Crippen molar-refractivity contribution in [2.24, 2.45) is 0 Å². The van der Waals surface area contributed by atoms with Gasteiger partial charge in [0.1, 0.15) is 6.26 Å². The van der Waals surface area contributed by atoms with Crippen molar-refractivity contribution in [2.45, 2.75) is 25.3 Å². The normalized spacial score (nSPS) is 13.2. The van der Waals surface area contributed by atoms with Gasteiger partial charge < -0.3 is 15.1 Å². The summed E-state index contributed by atoms with van der Waals surface area (Å²) in [6, 6.07) is 17.3. The molecule has 0 aliphatic heterocycles. The van der Waals surface area contributed by atoms with Gasteiger partial charge in [0.05, 0.1) is 11.7 Å². The summed E-state index contributed by atoms with van der Waals surface area (Å²) in [4.78, 5) is 16.7. The monoisotopic (exact) mass is 415 g/mol. The van der Waals surface area contributed by atoms with E-state index in [4.69, 9.17) is 4.42 Å². The first kappa shape index (κ1) is 19.0. The molecule has 0 saturated heterocycles. The zero-order chi connectivity index (χ0) is 21.0. The van der Waals surface area contributed by atoms with Gasteiger partial charge in [0.15, 0.2) is 5.82 Å². The van der Waals surface area contributed by atoms with Crippen molar-refractivity contribution in [3.8, 4) is 22.8 Å². The van der Waals surface area contributed by atoms with Crippen LogP contribution in [0.4, 0.5) is 10.5 Å². The first-order chi connectivity index (χ1) is 15.3. The zero-order valence-electron chi connectivity index (χ0n) is 16.7. The van der Waals surface area contributed by atoms with Gasteiger partial charge in [-0.05, 0) is 59.7 Å².